The van der Waals surface area contributed by atoms with Crippen LogP contribution >= 0.6 is 0 Å². The molecule has 2 aromatic rings. The minimum absolute atomic E-state index is 0.151. The zero-order valence-corrected chi connectivity index (χ0v) is 14.5. The van der Waals surface area contributed by atoms with E-state index in [1.165, 1.54) is 4.31 Å². The summed E-state index contributed by atoms with van der Waals surface area (Å²) in [5.74, 6) is 0.355. The Morgan fingerprint density at radius 3 is 2.44 bits per heavy atom. The van der Waals surface area contributed by atoms with Crippen molar-refractivity contribution in [3.8, 4) is 5.75 Å². The van der Waals surface area contributed by atoms with Crippen LogP contribution < -0.4 is 4.74 Å². The molecule has 7 heteroatoms. The van der Waals surface area contributed by atoms with Gasteiger partial charge in [0.05, 0.1) is 23.0 Å². The van der Waals surface area contributed by atoms with Gasteiger partial charge in [-0.1, -0.05) is 30.3 Å². The van der Waals surface area contributed by atoms with Crippen LogP contribution in [0.3, 0.4) is 0 Å². The van der Waals surface area contributed by atoms with Gasteiger partial charge in [0.1, 0.15) is 11.9 Å². The number of fused-ring (bicyclic) bond motifs is 2. The molecule has 6 nitrogen and oxygen atoms in total. The molecule has 0 radical (unpaired) electrons. The molecule has 4 rings (SSSR count). The monoisotopic (exact) mass is 358 g/mol. The van der Waals surface area contributed by atoms with Crippen LogP contribution in [0.2, 0.25) is 0 Å². The fourth-order valence-corrected chi connectivity index (χ4v) is 4.89. The lowest BCUT2D eigenvalue weighted by Crippen LogP contribution is -2.44. The van der Waals surface area contributed by atoms with Gasteiger partial charge < -0.3 is 9.64 Å². The lowest BCUT2D eigenvalue weighted by atomic mass is 10.1. The van der Waals surface area contributed by atoms with E-state index in [-0.39, 0.29) is 29.9 Å². The fraction of sp³-hybridized carbons (Fsp3) is 0.278. The number of amides is 1. The van der Waals surface area contributed by atoms with Gasteiger partial charge in [-0.05, 0) is 24.3 Å². The van der Waals surface area contributed by atoms with E-state index in [1.54, 1.807) is 66.5 Å². The highest BCUT2D eigenvalue weighted by Crippen LogP contribution is 2.32. The molecule has 0 aromatic heterocycles. The maximum atomic E-state index is 12.9. The first kappa shape index (κ1) is 16.1. The molecule has 1 fully saturated rings. The summed E-state index contributed by atoms with van der Waals surface area (Å²) in [6.07, 6.45) is -0.393. The van der Waals surface area contributed by atoms with Gasteiger partial charge in [0.25, 0.3) is 5.91 Å². The zero-order chi connectivity index (χ0) is 17.6. The lowest BCUT2D eigenvalue weighted by molar-refractivity contribution is 0.0683. The minimum atomic E-state index is -3.61. The van der Waals surface area contributed by atoms with Crippen molar-refractivity contribution in [2.75, 3.05) is 20.1 Å². The summed E-state index contributed by atoms with van der Waals surface area (Å²) in [6.45, 7) is 0.436. The van der Waals surface area contributed by atoms with Crippen LogP contribution in [0.1, 0.15) is 10.4 Å². The molecule has 2 aliphatic rings. The maximum absolute atomic E-state index is 12.9. The number of hydrogen-bond donors (Lipinski definition) is 0. The standard InChI is InChI=1S/C18H18N2O4S/c1-19-15-11-20(25(22,23)13-7-3-2-4-8-13)12-17(15)24-16-10-6-5-9-14(16)18(19)21/h2-10,15,17H,11-12H2,1H3. The molecule has 0 bridgehead atoms. The van der Waals surface area contributed by atoms with Gasteiger partial charge in [0, 0.05) is 13.6 Å². The van der Waals surface area contributed by atoms with E-state index < -0.39 is 16.1 Å². The number of likely N-dealkylation sites (N-methyl/N-ethyl adjacent to an activating group) is 1. The second kappa shape index (κ2) is 5.86. The molecule has 2 heterocycles. The molecule has 25 heavy (non-hydrogen) atoms. The van der Waals surface area contributed by atoms with Crippen molar-refractivity contribution in [1.29, 1.82) is 0 Å². The number of hydrogen-bond acceptors (Lipinski definition) is 4. The lowest BCUT2D eigenvalue weighted by Gasteiger charge is -2.25. The van der Waals surface area contributed by atoms with Crippen molar-refractivity contribution in [2.45, 2.75) is 17.0 Å². The number of para-hydroxylation sites is 1. The van der Waals surface area contributed by atoms with Crippen LogP contribution in [-0.4, -0.2) is 55.8 Å². The Morgan fingerprint density at radius 2 is 1.68 bits per heavy atom. The fourth-order valence-electron chi connectivity index (χ4n) is 3.40. The van der Waals surface area contributed by atoms with E-state index in [0.717, 1.165) is 0 Å². The van der Waals surface area contributed by atoms with E-state index in [2.05, 4.69) is 0 Å². The van der Waals surface area contributed by atoms with Crippen LogP contribution in [0, 0.1) is 0 Å². The number of benzene rings is 2. The summed E-state index contributed by atoms with van der Waals surface area (Å²) in [4.78, 5) is 14.5. The summed E-state index contributed by atoms with van der Waals surface area (Å²) in [7, 11) is -1.91. The molecule has 2 unspecified atom stereocenters. The molecule has 2 aromatic carbocycles. The molecular weight excluding hydrogens is 340 g/mol. The highest BCUT2D eigenvalue weighted by molar-refractivity contribution is 7.89. The van der Waals surface area contributed by atoms with Gasteiger partial charge in [-0.15, -0.1) is 0 Å². The molecular formula is C18H18N2O4S. The predicted octanol–water partition coefficient (Wildman–Crippen LogP) is 1.59. The first-order chi connectivity index (χ1) is 12.0. The van der Waals surface area contributed by atoms with Gasteiger partial charge >= 0.3 is 0 Å². The SMILES string of the molecule is CN1C(=O)c2ccccc2OC2CN(S(=O)(=O)c3ccccc3)CC21. The van der Waals surface area contributed by atoms with Crippen LogP contribution in [-0.2, 0) is 10.0 Å². The normalized spacial score (nSPS) is 23.6. The van der Waals surface area contributed by atoms with Crippen LogP contribution in [0.5, 0.6) is 5.75 Å². The summed E-state index contributed by atoms with van der Waals surface area (Å²) in [6, 6.07) is 15.1. The van der Waals surface area contributed by atoms with Gasteiger partial charge in [-0.2, -0.15) is 4.31 Å². The van der Waals surface area contributed by atoms with E-state index in [1.807, 2.05) is 0 Å². The van der Waals surface area contributed by atoms with Crippen LogP contribution in [0.15, 0.2) is 59.5 Å². The Bertz CT molecular complexity index is 914. The molecule has 0 aliphatic carbocycles. The largest absolute Gasteiger partial charge is 0.486 e. The molecule has 2 aliphatic heterocycles. The van der Waals surface area contributed by atoms with Crippen molar-refractivity contribution < 1.29 is 17.9 Å². The molecule has 0 saturated carbocycles. The quantitative estimate of drug-likeness (QED) is 0.818. The maximum Gasteiger partial charge on any atom is 0.257 e. The number of sulfonamides is 1. The van der Waals surface area contributed by atoms with Crippen LogP contribution in [0.25, 0.3) is 0 Å². The van der Waals surface area contributed by atoms with Crippen molar-refractivity contribution in [2.24, 2.45) is 0 Å². The van der Waals surface area contributed by atoms with Gasteiger partial charge in [0.15, 0.2) is 0 Å². The average molecular weight is 358 g/mol. The Balaban J connectivity index is 1.67. The Labute approximate surface area is 146 Å². The van der Waals surface area contributed by atoms with E-state index in [9.17, 15) is 13.2 Å². The second-order valence-corrected chi connectivity index (χ2v) is 8.21. The van der Waals surface area contributed by atoms with Crippen molar-refractivity contribution in [3.05, 3.63) is 60.2 Å². The Kier molecular flexibility index (Phi) is 3.77. The third-order valence-corrected chi connectivity index (χ3v) is 6.64. The molecule has 130 valence electrons. The van der Waals surface area contributed by atoms with Crippen molar-refractivity contribution in [3.63, 3.8) is 0 Å². The summed E-state index contributed by atoms with van der Waals surface area (Å²) < 4.78 is 33.1. The van der Waals surface area contributed by atoms with E-state index in [4.69, 9.17) is 4.74 Å². The third-order valence-electron chi connectivity index (χ3n) is 4.80. The number of rotatable bonds is 2. The number of ether oxygens (including phenoxy) is 1. The highest BCUT2D eigenvalue weighted by Gasteiger charge is 2.46. The zero-order valence-electron chi connectivity index (χ0n) is 13.7. The molecule has 2 atom stereocenters. The molecule has 1 amide bonds. The molecule has 0 N–H and O–H groups in total. The Morgan fingerprint density at radius 1 is 1.00 bits per heavy atom. The summed E-state index contributed by atoms with van der Waals surface area (Å²) in [5, 5.41) is 0. The van der Waals surface area contributed by atoms with E-state index in [0.29, 0.717) is 11.3 Å². The summed E-state index contributed by atoms with van der Waals surface area (Å²) in [5.41, 5.74) is 0.511. The first-order valence-corrected chi connectivity index (χ1v) is 9.50. The van der Waals surface area contributed by atoms with Crippen molar-refractivity contribution >= 4 is 15.9 Å². The van der Waals surface area contributed by atoms with Gasteiger partial charge in [0.2, 0.25) is 10.0 Å². The Hall–Kier alpha value is -2.38. The second-order valence-electron chi connectivity index (χ2n) is 6.27. The number of carbonyl (C=O) groups excluding carboxylic acids is 1. The topological polar surface area (TPSA) is 66.9 Å². The molecule has 0 spiro atoms. The third kappa shape index (κ3) is 2.60. The minimum Gasteiger partial charge on any atom is -0.486 e. The predicted molar refractivity (Wildman–Crippen MR) is 91.9 cm³/mol. The number of carbonyl (C=O) groups is 1. The number of nitrogens with zero attached hydrogens (tertiary/aromatic N) is 2. The van der Waals surface area contributed by atoms with Crippen LogP contribution in [0.4, 0.5) is 0 Å². The average Bonchev–Trinajstić information content (AvgIpc) is 3.02. The molecule has 1 saturated heterocycles. The van der Waals surface area contributed by atoms with Gasteiger partial charge in [-0.3, -0.25) is 4.79 Å². The van der Waals surface area contributed by atoms with Crippen molar-refractivity contribution in [1.82, 2.24) is 9.21 Å². The first-order valence-electron chi connectivity index (χ1n) is 8.06. The smallest absolute Gasteiger partial charge is 0.257 e. The van der Waals surface area contributed by atoms with Gasteiger partial charge in [-0.25, -0.2) is 8.42 Å². The van der Waals surface area contributed by atoms with E-state index >= 15 is 0 Å². The summed E-state index contributed by atoms with van der Waals surface area (Å²) >= 11 is 0. The highest BCUT2D eigenvalue weighted by atomic mass is 32.2.